The van der Waals surface area contributed by atoms with Crippen molar-refractivity contribution in [2.45, 2.75) is 0 Å². The molecule has 0 saturated carbocycles. The molecule has 0 radical (unpaired) electrons. The van der Waals surface area contributed by atoms with Crippen molar-refractivity contribution in [2.75, 3.05) is 0 Å². The summed E-state index contributed by atoms with van der Waals surface area (Å²) in [6.45, 7) is 0. The van der Waals surface area contributed by atoms with Crippen LogP contribution in [0.3, 0.4) is 0 Å². The van der Waals surface area contributed by atoms with Crippen LogP contribution in [0.2, 0.25) is 10.0 Å². The Kier molecular flexibility index (Phi) is 4.07. The molecule has 0 saturated heterocycles. The lowest BCUT2D eigenvalue weighted by Crippen LogP contribution is -2.01. The highest BCUT2D eigenvalue weighted by atomic mass is 127. The Morgan fingerprint density at radius 2 is 1.41 bits per heavy atom. The van der Waals surface area contributed by atoms with Gasteiger partial charge in [0.05, 0.1) is 0 Å². The van der Waals surface area contributed by atoms with E-state index >= 15 is 0 Å². The van der Waals surface area contributed by atoms with Gasteiger partial charge in [0.25, 0.3) is 0 Å². The second-order valence-electron chi connectivity index (χ2n) is 3.49. The Balaban J connectivity index is 2.40. The summed E-state index contributed by atoms with van der Waals surface area (Å²) in [4.78, 5) is 12.1. The van der Waals surface area contributed by atoms with Crippen LogP contribution in [-0.4, -0.2) is 5.78 Å². The molecule has 0 fully saturated rings. The molecular weight excluding hydrogens is 370 g/mol. The number of hydrogen-bond acceptors (Lipinski definition) is 1. The summed E-state index contributed by atoms with van der Waals surface area (Å²) in [6, 6.07) is 12.2. The lowest BCUT2D eigenvalue weighted by Gasteiger charge is -2.03. The zero-order valence-electron chi connectivity index (χ0n) is 8.58. The van der Waals surface area contributed by atoms with E-state index in [2.05, 4.69) is 22.6 Å². The van der Waals surface area contributed by atoms with Gasteiger partial charge in [0, 0.05) is 24.7 Å². The molecule has 0 unspecified atom stereocenters. The Hall–Kier alpha value is -0.580. The van der Waals surface area contributed by atoms with Crippen LogP contribution in [0, 0.1) is 3.57 Å². The molecule has 0 aromatic heterocycles. The van der Waals surface area contributed by atoms with Crippen LogP contribution >= 0.6 is 45.8 Å². The lowest BCUT2D eigenvalue weighted by atomic mass is 10.0. The van der Waals surface area contributed by atoms with Gasteiger partial charge in [0.1, 0.15) is 0 Å². The standard InChI is InChI=1S/C13H7Cl2IO/c14-10-5-9(6-11(15)7-10)13(17)8-1-3-12(16)4-2-8/h1-7H. The molecule has 2 aromatic rings. The minimum Gasteiger partial charge on any atom is -0.289 e. The fourth-order valence-corrected chi connectivity index (χ4v) is 2.34. The summed E-state index contributed by atoms with van der Waals surface area (Å²) in [6.07, 6.45) is 0. The van der Waals surface area contributed by atoms with Crippen LogP contribution in [0.4, 0.5) is 0 Å². The van der Waals surface area contributed by atoms with Crippen molar-refractivity contribution in [1.82, 2.24) is 0 Å². The lowest BCUT2D eigenvalue weighted by molar-refractivity contribution is 0.103. The third kappa shape index (κ3) is 3.21. The molecule has 0 spiro atoms. The quantitative estimate of drug-likeness (QED) is 0.542. The fraction of sp³-hybridized carbons (Fsp3) is 0. The minimum atomic E-state index is -0.0780. The maximum absolute atomic E-state index is 12.1. The van der Waals surface area contributed by atoms with Gasteiger partial charge in [0.15, 0.2) is 5.78 Å². The first kappa shape index (κ1) is 12.9. The predicted molar refractivity (Wildman–Crippen MR) is 79.1 cm³/mol. The molecule has 0 aliphatic carbocycles. The van der Waals surface area contributed by atoms with Crippen molar-refractivity contribution >= 4 is 51.6 Å². The molecule has 1 nitrogen and oxygen atoms in total. The van der Waals surface area contributed by atoms with Crippen molar-refractivity contribution in [3.63, 3.8) is 0 Å². The van der Waals surface area contributed by atoms with Crippen molar-refractivity contribution in [3.05, 3.63) is 67.2 Å². The third-order valence-electron chi connectivity index (χ3n) is 2.23. The van der Waals surface area contributed by atoms with Crippen LogP contribution in [0.1, 0.15) is 15.9 Å². The highest BCUT2D eigenvalue weighted by Crippen LogP contribution is 2.21. The monoisotopic (exact) mass is 376 g/mol. The molecule has 17 heavy (non-hydrogen) atoms. The molecule has 0 atom stereocenters. The largest absolute Gasteiger partial charge is 0.289 e. The number of carbonyl (C=O) groups is 1. The Labute approximate surface area is 123 Å². The molecule has 86 valence electrons. The van der Waals surface area contributed by atoms with E-state index in [-0.39, 0.29) is 5.78 Å². The van der Waals surface area contributed by atoms with Gasteiger partial charge in [-0.2, -0.15) is 0 Å². The van der Waals surface area contributed by atoms with Crippen molar-refractivity contribution in [1.29, 1.82) is 0 Å². The molecule has 0 heterocycles. The number of carbonyl (C=O) groups excluding carboxylic acids is 1. The number of ketones is 1. The Morgan fingerprint density at radius 3 is 1.94 bits per heavy atom. The van der Waals surface area contributed by atoms with Crippen LogP contribution in [-0.2, 0) is 0 Å². The molecule has 0 aliphatic rings. The Bertz CT molecular complexity index is 544. The summed E-state index contributed by atoms with van der Waals surface area (Å²) in [5.41, 5.74) is 1.13. The minimum absolute atomic E-state index is 0.0780. The zero-order valence-corrected chi connectivity index (χ0v) is 12.3. The topological polar surface area (TPSA) is 17.1 Å². The van der Waals surface area contributed by atoms with E-state index in [9.17, 15) is 4.79 Å². The van der Waals surface area contributed by atoms with Gasteiger partial charge >= 0.3 is 0 Å². The molecule has 0 aliphatic heterocycles. The number of benzene rings is 2. The molecule has 0 N–H and O–H groups in total. The molecule has 0 amide bonds. The van der Waals surface area contributed by atoms with Gasteiger partial charge in [-0.1, -0.05) is 23.2 Å². The van der Waals surface area contributed by atoms with Gasteiger partial charge in [-0.25, -0.2) is 0 Å². The van der Waals surface area contributed by atoms with E-state index in [0.29, 0.717) is 21.2 Å². The predicted octanol–water partition coefficient (Wildman–Crippen LogP) is 4.83. The highest BCUT2D eigenvalue weighted by Gasteiger charge is 2.10. The van der Waals surface area contributed by atoms with E-state index in [0.717, 1.165) is 3.57 Å². The first-order valence-electron chi connectivity index (χ1n) is 4.82. The third-order valence-corrected chi connectivity index (χ3v) is 3.39. The number of rotatable bonds is 2. The normalized spacial score (nSPS) is 10.3. The molecular formula is C13H7Cl2IO. The van der Waals surface area contributed by atoms with E-state index in [1.54, 1.807) is 30.3 Å². The van der Waals surface area contributed by atoms with Gasteiger partial charge in [-0.15, -0.1) is 0 Å². The maximum atomic E-state index is 12.1. The fourth-order valence-electron chi connectivity index (χ4n) is 1.45. The second-order valence-corrected chi connectivity index (χ2v) is 5.61. The summed E-state index contributed by atoms with van der Waals surface area (Å²) >= 11 is 13.9. The number of halogens is 3. The van der Waals surface area contributed by atoms with Crippen molar-refractivity contribution < 1.29 is 4.79 Å². The van der Waals surface area contributed by atoms with Gasteiger partial charge in [-0.3, -0.25) is 4.79 Å². The van der Waals surface area contributed by atoms with Crippen LogP contribution in [0.25, 0.3) is 0 Å². The van der Waals surface area contributed by atoms with E-state index in [1.165, 1.54) is 0 Å². The summed E-state index contributed by atoms with van der Waals surface area (Å²) < 4.78 is 1.09. The first-order chi connectivity index (χ1) is 8.06. The smallest absolute Gasteiger partial charge is 0.193 e. The molecule has 2 aromatic carbocycles. The van der Waals surface area contributed by atoms with Crippen LogP contribution in [0.5, 0.6) is 0 Å². The van der Waals surface area contributed by atoms with Crippen molar-refractivity contribution in [2.24, 2.45) is 0 Å². The van der Waals surface area contributed by atoms with Crippen LogP contribution in [0.15, 0.2) is 42.5 Å². The summed E-state index contributed by atoms with van der Waals surface area (Å²) in [5, 5.41) is 0.928. The van der Waals surface area contributed by atoms with Crippen molar-refractivity contribution in [3.8, 4) is 0 Å². The van der Waals surface area contributed by atoms with Gasteiger partial charge < -0.3 is 0 Å². The first-order valence-corrected chi connectivity index (χ1v) is 6.66. The van der Waals surface area contributed by atoms with E-state index < -0.39 is 0 Å². The average molecular weight is 377 g/mol. The molecule has 2 rings (SSSR count). The summed E-state index contributed by atoms with van der Waals surface area (Å²) in [5.74, 6) is -0.0780. The maximum Gasteiger partial charge on any atom is 0.193 e. The second kappa shape index (κ2) is 5.38. The van der Waals surface area contributed by atoms with Gasteiger partial charge in [0.2, 0.25) is 0 Å². The SMILES string of the molecule is O=C(c1ccc(I)cc1)c1cc(Cl)cc(Cl)c1. The average Bonchev–Trinajstić information content (AvgIpc) is 2.28. The highest BCUT2D eigenvalue weighted by molar-refractivity contribution is 14.1. The summed E-state index contributed by atoms with van der Waals surface area (Å²) in [7, 11) is 0. The van der Waals surface area contributed by atoms with E-state index in [4.69, 9.17) is 23.2 Å². The molecule has 0 bridgehead atoms. The van der Waals surface area contributed by atoms with E-state index in [1.807, 2.05) is 12.1 Å². The Morgan fingerprint density at radius 1 is 0.882 bits per heavy atom. The number of hydrogen-bond donors (Lipinski definition) is 0. The van der Waals surface area contributed by atoms with Crippen LogP contribution < -0.4 is 0 Å². The molecule has 4 heteroatoms. The zero-order chi connectivity index (χ0) is 12.4. The van der Waals surface area contributed by atoms with Gasteiger partial charge in [-0.05, 0) is 65.1 Å².